The predicted molar refractivity (Wildman–Crippen MR) is 168 cm³/mol. The first-order chi connectivity index (χ1) is 18.2. The van der Waals surface area contributed by atoms with E-state index in [0.717, 1.165) is 12.8 Å². The first kappa shape index (κ1) is 26.0. The molecule has 5 aromatic rings. The highest BCUT2D eigenvalue weighted by atomic mass is 79.9. The number of hydrogen-bond acceptors (Lipinski definition) is 0. The summed E-state index contributed by atoms with van der Waals surface area (Å²) in [5.41, 5.74) is 5.57. The van der Waals surface area contributed by atoms with Crippen LogP contribution in [0.4, 0.5) is 0 Å². The van der Waals surface area contributed by atoms with Gasteiger partial charge in [0.25, 0.3) is 0 Å². The van der Waals surface area contributed by atoms with Crippen LogP contribution in [-0.4, -0.2) is 0 Å². The second-order valence-corrected chi connectivity index (χ2v) is 11.4. The lowest BCUT2D eigenvalue weighted by Gasteiger charge is -2.17. The summed E-state index contributed by atoms with van der Waals surface area (Å²) in [6.07, 6.45) is 12.7. The second-order valence-electron chi connectivity index (χ2n) is 10.6. The van der Waals surface area contributed by atoms with Crippen molar-refractivity contribution in [1.29, 1.82) is 0 Å². The third kappa shape index (κ3) is 5.78. The van der Waals surface area contributed by atoms with Gasteiger partial charge in [-0.2, -0.15) is 0 Å². The van der Waals surface area contributed by atoms with Gasteiger partial charge in [-0.05, 0) is 108 Å². The Hall–Kier alpha value is -2.64. The zero-order valence-electron chi connectivity index (χ0n) is 22.5. The minimum absolute atomic E-state index is 1.15. The van der Waals surface area contributed by atoms with Crippen molar-refractivity contribution in [2.24, 2.45) is 0 Å². The van der Waals surface area contributed by atoms with Gasteiger partial charge < -0.3 is 0 Å². The van der Waals surface area contributed by atoms with Gasteiger partial charge in [-0.3, -0.25) is 0 Å². The standard InChI is InChI=1S/C36H39Br/c1-3-5-7-9-13-26-18-22-32-33(23-26)35(30-20-19-28-15-11-12-16-29(28)25-30)31-21-17-27(14-10-8-6-4-2)24-34(31)36(32)37/h11-12,15-25H,3-10,13-14H2,1-2H3. The number of benzene rings is 5. The Kier molecular flexibility index (Phi) is 8.62. The summed E-state index contributed by atoms with van der Waals surface area (Å²) in [5, 5.41) is 7.94. The Balaban J connectivity index is 1.66. The Morgan fingerprint density at radius 1 is 0.514 bits per heavy atom. The zero-order valence-corrected chi connectivity index (χ0v) is 24.0. The lowest BCUT2D eigenvalue weighted by atomic mass is 9.88. The molecule has 0 heterocycles. The quantitative estimate of drug-likeness (QED) is 0.113. The molecule has 0 aliphatic rings. The Bertz CT molecular complexity index is 1510. The van der Waals surface area contributed by atoms with Gasteiger partial charge in [0.1, 0.15) is 0 Å². The monoisotopic (exact) mass is 550 g/mol. The first-order valence-electron chi connectivity index (χ1n) is 14.4. The van der Waals surface area contributed by atoms with Crippen LogP contribution in [0.2, 0.25) is 0 Å². The molecular weight excluding hydrogens is 512 g/mol. The van der Waals surface area contributed by atoms with Crippen molar-refractivity contribution in [2.45, 2.75) is 78.1 Å². The highest BCUT2D eigenvalue weighted by Gasteiger charge is 2.16. The molecule has 1 heteroatoms. The van der Waals surface area contributed by atoms with Crippen LogP contribution in [0.25, 0.3) is 43.4 Å². The van der Waals surface area contributed by atoms with E-state index in [-0.39, 0.29) is 0 Å². The van der Waals surface area contributed by atoms with Crippen molar-refractivity contribution < 1.29 is 0 Å². The summed E-state index contributed by atoms with van der Waals surface area (Å²) in [4.78, 5) is 0. The van der Waals surface area contributed by atoms with E-state index in [1.165, 1.54) is 110 Å². The smallest absolute Gasteiger partial charge is 0.0332 e. The zero-order chi connectivity index (χ0) is 25.6. The molecule has 0 saturated heterocycles. The van der Waals surface area contributed by atoms with Gasteiger partial charge in [-0.1, -0.05) is 119 Å². The molecule has 5 rings (SSSR count). The Labute approximate surface area is 231 Å². The van der Waals surface area contributed by atoms with Crippen LogP contribution in [0.5, 0.6) is 0 Å². The van der Waals surface area contributed by atoms with E-state index in [9.17, 15) is 0 Å². The average Bonchev–Trinajstić information content (AvgIpc) is 2.93. The van der Waals surface area contributed by atoms with Crippen LogP contribution in [0.15, 0.2) is 83.3 Å². The van der Waals surface area contributed by atoms with E-state index in [0.29, 0.717) is 0 Å². The molecule has 0 aromatic heterocycles. The molecule has 0 fully saturated rings. The van der Waals surface area contributed by atoms with Gasteiger partial charge in [0, 0.05) is 4.47 Å². The molecule has 5 aromatic carbocycles. The van der Waals surface area contributed by atoms with Crippen molar-refractivity contribution in [3.8, 4) is 11.1 Å². The maximum absolute atomic E-state index is 4.05. The van der Waals surface area contributed by atoms with E-state index in [1.807, 2.05) is 0 Å². The van der Waals surface area contributed by atoms with Crippen molar-refractivity contribution >= 4 is 48.2 Å². The predicted octanol–water partition coefficient (Wildman–Crippen LogP) is 11.8. The van der Waals surface area contributed by atoms with E-state index in [4.69, 9.17) is 0 Å². The van der Waals surface area contributed by atoms with E-state index < -0.39 is 0 Å². The van der Waals surface area contributed by atoms with E-state index in [2.05, 4.69) is 109 Å². The van der Waals surface area contributed by atoms with Crippen molar-refractivity contribution in [3.05, 3.63) is 94.5 Å². The molecular formula is C36H39Br. The lowest BCUT2D eigenvalue weighted by Crippen LogP contribution is -1.93. The minimum Gasteiger partial charge on any atom is -0.0654 e. The van der Waals surface area contributed by atoms with Crippen molar-refractivity contribution in [2.75, 3.05) is 0 Å². The number of rotatable bonds is 11. The van der Waals surface area contributed by atoms with Crippen LogP contribution < -0.4 is 0 Å². The topological polar surface area (TPSA) is 0 Å². The third-order valence-electron chi connectivity index (χ3n) is 7.86. The summed E-state index contributed by atoms with van der Waals surface area (Å²) in [6, 6.07) is 30.0. The summed E-state index contributed by atoms with van der Waals surface area (Å²) in [6.45, 7) is 4.56. The van der Waals surface area contributed by atoms with Crippen LogP contribution in [0, 0.1) is 0 Å². The van der Waals surface area contributed by atoms with Crippen LogP contribution in [-0.2, 0) is 12.8 Å². The maximum Gasteiger partial charge on any atom is 0.0332 e. The van der Waals surface area contributed by atoms with Gasteiger partial charge in [0.15, 0.2) is 0 Å². The van der Waals surface area contributed by atoms with E-state index in [1.54, 1.807) is 0 Å². The summed E-state index contributed by atoms with van der Waals surface area (Å²) < 4.78 is 1.23. The Morgan fingerprint density at radius 3 is 1.81 bits per heavy atom. The highest BCUT2D eigenvalue weighted by molar-refractivity contribution is 9.10. The summed E-state index contributed by atoms with van der Waals surface area (Å²) in [5.74, 6) is 0. The molecule has 190 valence electrons. The molecule has 0 spiro atoms. The summed E-state index contributed by atoms with van der Waals surface area (Å²) in [7, 11) is 0. The molecule has 0 bridgehead atoms. The SMILES string of the molecule is CCCCCCc1ccc2c(-c3ccc4ccccc4c3)c3cc(CCCCCC)ccc3c(Br)c2c1. The molecule has 0 atom stereocenters. The molecule has 0 N–H and O–H groups in total. The first-order valence-corrected chi connectivity index (χ1v) is 15.1. The largest absolute Gasteiger partial charge is 0.0654 e. The van der Waals surface area contributed by atoms with Gasteiger partial charge in [0.05, 0.1) is 0 Å². The fourth-order valence-corrected chi connectivity index (χ4v) is 6.42. The van der Waals surface area contributed by atoms with Gasteiger partial charge in [-0.25, -0.2) is 0 Å². The number of unbranched alkanes of at least 4 members (excludes halogenated alkanes) is 6. The van der Waals surface area contributed by atoms with Crippen molar-refractivity contribution in [1.82, 2.24) is 0 Å². The van der Waals surface area contributed by atoms with Gasteiger partial charge >= 0.3 is 0 Å². The number of hydrogen-bond donors (Lipinski definition) is 0. The van der Waals surface area contributed by atoms with Gasteiger partial charge in [0.2, 0.25) is 0 Å². The second kappa shape index (κ2) is 12.3. The van der Waals surface area contributed by atoms with Crippen LogP contribution in [0.1, 0.15) is 76.3 Å². The summed E-state index contributed by atoms with van der Waals surface area (Å²) >= 11 is 4.05. The van der Waals surface area contributed by atoms with Crippen LogP contribution in [0.3, 0.4) is 0 Å². The number of aryl methyl sites for hydroxylation is 2. The molecule has 0 aliphatic heterocycles. The third-order valence-corrected chi connectivity index (χ3v) is 8.71. The average molecular weight is 552 g/mol. The van der Waals surface area contributed by atoms with Gasteiger partial charge in [-0.15, -0.1) is 0 Å². The molecule has 0 amide bonds. The molecule has 0 saturated carbocycles. The molecule has 0 radical (unpaired) electrons. The lowest BCUT2D eigenvalue weighted by molar-refractivity contribution is 0.667. The molecule has 0 unspecified atom stereocenters. The molecule has 0 nitrogen and oxygen atoms in total. The molecule has 37 heavy (non-hydrogen) atoms. The minimum atomic E-state index is 1.15. The Morgan fingerprint density at radius 2 is 1.14 bits per heavy atom. The fraction of sp³-hybridized carbons (Fsp3) is 0.333. The fourth-order valence-electron chi connectivity index (χ4n) is 5.75. The number of halogens is 1. The normalized spacial score (nSPS) is 11.6. The highest BCUT2D eigenvalue weighted by Crippen LogP contribution is 2.43. The van der Waals surface area contributed by atoms with Crippen molar-refractivity contribution in [3.63, 3.8) is 0 Å². The maximum atomic E-state index is 4.05. The molecule has 0 aliphatic carbocycles. The van der Waals surface area contributed by atoms with Crippen LogP contribution >= 0.6 is 15.9 Å². The number of fused-ring (bicyclic) bond motifs is 3. The van der Waals surface area contributed by atoms with E-state index >= 15 is 0 Å².